The van der Waals surface area contributed by atoms with E-state index in [1.165, 1.54) is 24.2 Å². The van der Waals surface area contributed by atoms with Gasteiger partial charge in [0, 0.05) is 30.1 Å². The van der Waals surface area contributed by atoms with Crippen LogP contribution < -0.4 is 5.73 Å². The molecule has 1 aromatic heterocycles. The van der Waals surface area contributed by atoms with Crippen LogP contribution in [0, 0.1) is 16.0 Å². The summed E-state index contributed by atoms with van der Waals surface area (Å²) in [6.45, 7) is 4.72. The third-order valence-corrected chi connectivity index (χ3v) is 4.68. The molecule has 1 aromatic rings. The molecule has 5 nitrogen and oxygen atoms in total. The monoisotopic (exact) mass is 269 g/mol. The first kappa shape index (κ1) is 13.5. The maximum atomic E-state index is 10.7. The van der Waals surface area contributed by atoms with Crippen LogP contribution in [0.2, 0.25) is 0 Å². The van der Waals surface area contributed by atoms with Gasteiger partial charge in [-0.2, -0.15) is 0 Å². The van der Waals surface area contributed by atoms with Gasteiger partial charge in [0.25, 0.3) is 0 Å². The van der Waals surface area contributed by atoms with Crippen LogP contribution in [0.15, 0.2) is 12.1 Å². The molecule has 2 unspecified atom stereocenters. The molecule has 0 spiro atoms. The van der Waals surface area contributed by atoms with Crippen molar-refractivity contribution >= 4 is 16.3 Å². The highest BCUT2D eigenvalue weighted by Gasteiger charge is 2.27. The Morgan fingerprint density at radius 2 is 2.39 bits per heavy atom. The van der Waals surface area contributed by atoms with Crippen LogP contribution >= 0.6 is 11.3 Å². The predicted molar refractivity (Wildman–Crippen MR) is 72.6 cm³/mol. The van der Waals surface area contributed by atoms with Crippen molar-refractivity contribution in [1.29, 1.82) is 0 Å². The minimum atomic E-state index is -0.326. The molecule has 100 valence electrons. The largest absolute Gasteiger partial charge is 0.329 e. The predicted octanol–water partition coefficient (Wildman–Crippen LogP) is 2.22. The Kier molecular flexibility index (Phi) is 4.31. The third-order valence-electron chi connectivity index (χ3n) is 3.66. The summed E-state index contributed by atoms with van der Waals surface area (Å²) in [4.78, 5) is 13.8. The summed E-state index contributed by atoms with van der Waals surface area (Å²) in [6, 6.07) is 3.85. The zero-order valence-corrected chi connectivity index (χ0v) is 11.4. The van der Waals surface area contributed by atoms with E-state index in [0.29, 0.717) is 18.5 Å². The Labute approximate surface area is 111 Å². The van der Waals surface area contributed by atoms with Gasteiger partial charge in [-0.25, -0.2) is 0 Å². The summed E-state index contributed by atoms with van der Waals surface area (Å²) in [5.74, 6) is 0.610. The van der Waals surface area contributed by atoms with Gasteiger partial charge in [-0.15, -0.1) is 0 Å². The van der Waals surface area contributed by atoms with Crippen LogP contribution in [0.1, 0.15) is 24.6 Å². The molecule has 1 aliphatic heterocycles. The van der Waals surface area contributed by atoms with Crippen LogP contribution in [0.4, 0.5) is 5.00 Å². The number of rotatable bonds is 4. The molecule has 6 heteroatoms. The van der Waals surface area contributed by atoms with E-state index >= 15 is 0 Å². The van der Waals surface area contributed by atoms with Crippen LogP contribution in [-0.2, 0) is 6.54 Å². The first-order chi connectivity index (χ1) is 8.61. The maximum Gasteiger partial charge on any atom is 0.324 e. The quantitative estimate of drug-likeness (QED) is 0.672. The van der Waals surface area contributed by atoms with Gasteiger partial charge in [-0.1, -0.05) is 18.3 Å². The second-order valence-electron chi connectivity index (χ2n) is 4.89. The molecule has 2 atom stereocenters. The molecule has 2 N–H and O–H groups in total. The Morgan fingerprint density at radius 1 is 1.61 bits per heavy atom. The molecule has 0 aromatic carbocycles. The number of nitro groups is 1. The summed E-state index contributed by atoms with van der Waals surface area (Å²) in [7, 11) is 0. The van der Waals surface area contributed by atoms with Crippen molar-refractivity contribution in [2.45, 2.75) is 32.4 Å². The summed E-state index contributed by atoms with van der Waals surface area (Å²) >= 11 is 1.27. The van der Waals surface area contributed by atoms with Crippen molar-refractivity contribution in [3.63, 3.8) is 0 Å². The standard InChI is InChI=1S/C12H19N3O2S/c1-9-3-2-6-14(11(9)7-13)8-10-4-5-12(18-10)15(16)17/h4-5,9,11H,2-3,6-8,13H2,1H3. The van der Waals surface area contributed by atoms with Gasteiger partial charge in [0.15, 0.2) is 0 Å². The van der Waals surface area contributed by atoms with Gasteiger partial charge in [-0.3, -0.25) is 15.0 Å². The van der Waals surface area contributed by atoms with Gasteiger partial charge >= 0.3 is 5.00 Å². The number of nitrogens with two attached hydrogens (primary N) is 1. The van der Waals surface area contributed by atoms with Crippen LogP contribution in [0.5, 0.6) is 0 Å². The third kappa shape index (κ3) is 2.88. The molecule has 0 aliphatic carbocycles. The molecule has 0 saturated carbocycles. The van der Waals surface area contributed by atoms with Crippen LogP contribution in [0.25, 0.3) is 0 Å². The first-order valence-corrected chi connectivity index (χ1v) is 7.10. The lowest BCUT2D eigenvalue weighted by atomic mass is 9.91. The van der Waals surface area contributed by atoms with E-state index in [1.54, 1.807) is 6.07 Å². The SMILES string of the molecule is CC1CCCN(Cc2ccc([N+](=O)[O-])s2)C1CN. The average Bonchev–Trinajstić information content (AvgIpc) is 2.78. The van der Waals surface area contributed by atoms with Gasteiger partial charge in [0.1, 0.15) is 0 Å². The lowest BCUT2D eigenvalue weighted by molar-refractivity contribution is -0.380. The highest BCUT2D eigenvalue weighted by Crippen LogP contribution is 2.29. The normalized spacial score (nSPS) is 25.2. The molecule has 2 heterocycles. The molecule has 0 bridgehead atoms. The fourth-order valence-corrected chi connectivity index (χ4v) is 3.51. The minimum absolute atomic E-state index is 0.222. The molecule has 1 saturated heterocycles. The fourth-order valence-electron chi connectivity index (χ4n) is 2.66. The number of likely N-dealkylation sites (tertiary alicyclic amines) is 1. The van der Waals surface area contributed by atoms with E-state index in [9.17, 15) is 10.1 Å². The summed E-state index contributed by atoms with van der Waals surface area (Å²) in [5, 5.41) is 10.9. The molecule has 18 heavy (non-hydrogen) atoms. The van der Waals surface area contributed by atoms with E-state index < -0.39 is 0 Å². The van der Waals surface area contributed by atoms with Crippen molar-refractivity contribution in [2.75, 3.05) is 13.1 Å². The Balaban J connectivity index is 2.04. The van der Waals surface area contributed by atoms with E-state index in [2.05, 4.69) is 11.8 Å². The van der Waals surface area contributed by atoms with Crippen LogP contribution in [0.3, 0.4) is 0 Å². The topological polar surface area (TPSA) is 72.4 Å². The summed E-state index contributed by atoms with van der Waals surface area (Å²) in [6.07, 6.45) is 2.41. The van der Waals surface area contributed by atoms with Crippen molar-refractivity contribution in [2.24, 2.45) is 11.7 Å². The van der Waals surface area contributed by atoms with Gasteiger partial charge in [0.05, 0.1) is 4.92 Å². The number of piperidine rings is 1. The van der Waals surface area contributed by atoms with Gasteiger partial charge in [-0.05, 0) is 31.4 Å². The second kappa shape index (κ2) is 5.77. The minimum Gasteiger partial charge on any atom is -0.329 e. The lowest BCUT2D eigenvalue weighted by Gasteiger charge is -2.39. The average molecular weight is 269 g/mol. The van der Waals surface area contributed by atoms with Crippen molar-refractivity contribution in [1.82, 2.24) is 4.90 Å². The smallest absolute Gasteiger partial charge is 0.324 e. The van der Waals surface area contributed by atoms with Crippen LogP contribution in [-0.4, -0.2) is 29.0 Å². The maximum absolute atomic E-state index is 10.7. The van der Waals surface area contributed by atoms with E-state index in [-0.39, 0.29) is 9.92 Å². The van der Waals surface area contributed by atoms with Gasteiger partial charge < -0.3 is 5.73 Å². The number of thiophene rings is 1. The fraction of sp³-hybridized carbons (Fsp3) is 0.667. The first-order valence-electron chi connectivity index (χ1n) is 6.29. The number of hydrogen-bond acceptors (Lipinski definition) is 5. The van der Waals surface area contributed by atoms with E-state index in [0.717, 1.165) is 18.0 Å². The van der Waals surface area contributed by atoms with Gasteiger partial charge in [0.2, 0.25) is 0 Å². The van der Waals surface area contributed by atoms with Crippen molar-refractivity contribution in [3.05, 3.63) is 27.1 Å². The number of hydrogen-bond donors (Lipinski definition) is 1. The van der Waals surface area contributed by atoms with Crippen molar-refractivity contribution < 1.29 is 4.92 Å². The van der Waals surface area contributed by atoms with E-state index in [1.807, 2.05) is 6.07 Å². The molecule has 0 radical (unpaired) electrons. The zero-order valence-electron chi connectivity index (χ0n) is 10.5. The lowest BCUT2D eigenvalue weighted by Crippen LogP contribution is -2.47. The Hall–Kier alpha value is -0.980. The highest BCUT2D eigenvalue weighted by atomic mass is 32.1. The Bertz CT molecular complexity index is 421. The Morgan fingerprint density at radius 3 is 3.00 bits per heavy atom. The highest BCUT2D eigenvalue weighted by molar-refractivity contribution is 7.15. The molecular weight excluding hydrogens is 250 g/mol. The van der Waals surface area contributed by atoms with E-state index in [4.69, 9.17) is 5.73 Å². The summed E-state index contributed by atoms with van der Waals surface area (Å²) in [5.41, 5.74) is 5.84. The molecule has 2 rings (SSSR count). The summed E-state index contributed by atoms with van der Waals surface area (Å²) < 4.78 is 0. The molecule has 1 aliphatic rings. The molecule has 1 fully saturated rings. The molecular formula is C12H19N3O2S. The number of nitrogens with zero attached hydrogens (tertiary/aromatic N) is 2. The molecule has 0 amide bonds. The van der Waals surface area contributed by atoms with Crippen molar-refractivity contribution in [3.8, 4) is 0 Å². The second-order valence-corrected chi connectivity index (χ2v) is 6.04. The zero-order chi connectivity index (χ0) is 13.1.